The molecule has 1 amide bonds. The normalized spacial score (nSPS) is 17.7. The van der Waals surface area contributed by atoms with Crippen molar-refractivity contribution in [3.8, 4) is 0 Å². The lowest BCUT2D eigenvalue weighted by Crippen LogP contribution is -2.32. The molecule has 1 fully saturated rings. The van der Waals surface area contributed by atoms with Crippen LogP contribution in [0.25, 0.3) is 0 Å². The van der Waals surface area contributed by atoms with E-state index in [1.54, 1.807) is 29.2 Å². The van der Waals surface area contributed by atoms with Crippen LogP contribution in [0.5, 0.6) is 0 Å². The smallest absolute Gasteiger partial charge is 0.247 e. The molecule has 0 radical (unpaired) electrons. The lowest BCUT2D eigenvalue weighted by atomic mass is 10.1. The Kier molecular flexibility index (Phi) is 5.79. The number of rotatable bonds is 5. The van der Waals surface area contributed by atoms with Crippen LogP contribution in [-0.4, -0.2) is 22.1 Å². The highest BCUT2D eigenvalue weighted by Gasteiger charge is 2.40. The SMILES string of the molecule is O=C(CC1SC(=Nc2ccccc2)N(c2ccccc2)C1=O)c1ccc(Cl)cc1. The van der Waals surface area contributed by atoms with E-state index < -0.39 is 5.25 Å². The summed E-state index contributed by atoms with van der Waals surface area (Å²) in [6.45, 7) is 0. The van der Waals surface area contributed by atoms with Crippen LogP contribution >= 0.6 is 23.4 Å². The lowest BCUT2D eigenvalue weighted by Gasteiger charge is -2.16. The second kappa shape index (κ2) is 8.64. The number of halogens is 1. The summed E-state index contributed by atoms with van der Waals surface area (Å²) >= 11 is 7.22. The van der Waals surface area contributed by atoms with Gasteiger partial charge in [-0.15, -0.1) is 0 Å². The van der Waals surface area contributed by atoms with Crippen molar-refractivity contribution in [2.45, 2.75) is 11.7 Å². The van der Waals surface area contributed by atoms with E-state index in [0.29, 0.717) is 15.8 Å². The van der Waals surface area contributed by atoms with Crippen molar-refractivity contribution in [3.63, 3.8) is 0 Å². The van der Waals surface area contributed by atoms with Crippen molar-refractivity contribution in [3.05, 3.63) is 95.5 Å². The number of aliphatic imine (C=N–C) groups is 1. The number of anilines is 1. The fourth-order valence-corrected chi connectivity index (χ4v) is 4.30. The van der Waals surface area contributed by atoms with Crippen molar-refractivity contribution in [1.29, 1.82) is 0 Å². The maximum atomic E-state index is 13.2. The Morgan fingerprint density at radius 3 is 2.21 bits per heavy atom. The Morgan fingerprint density at radius 1 is 0.931 bits per heavy atom. The molecule has 1 unspecified atom stereocenters. The van der Waals surface area contributed by atoms with Crippen molar-refractivity contribution in [2.24, 2.45) is 4.99 Å². The van der Waals surface area contributed by atoms with E-state index >= 15 is 0 Å². The zero-order valence-corrected chi connectivity index (χ0v) is 16.9. The maximum Gasteiger partial charge on any atom is 0.247 e. The molecule has 0 bridgehead atoms. The summed E-state index contributed by atoms with van der Waals surface area (Å²) in [5.74, 6) is -0.236. The number of carbonyl (C=O) groups excluding carboxylic acids is 2. The van der Waals surface area contributed by atoms with Gasteiger partial charge in [-0.2, -0.15) is 0 Å². The van der Waals surface area contributed by atoms with Gasteiger partial charge in [-0.3, -0.25) is 14.5 Å². The van der Waals surface area contributed by atoms with Gasteiger partial charge in [0.15, 0.2) is 11.0 Å². The number of amides is 1. The van der Waals surface area contributed by atoms with Crippen LogP contribution in [0.4, 0.5) is 11.4 Å². The average Bonchev–Trinajstić information content (AvgIpc) is 3.04. The van der Waals surface area contributed by atoms with Gasteiger partial charge in [0.1, 0.15) is 0 Å². The lowest BCUT2D eigenvalue weighted by molar-refractivity contribution is -0.116. The third kappa shape index (κ3) is 4.42. The van der Waals surface area contributed by atoms with Crippen molar-refractivity contribution >= 4 is 51.6 Å². The first-order valence-electron chi connectivity index (χ1n) is 9.10. The summed E-state index contributed by atoms with van der Waals surface area (Å²) in [4.78, 5) is 32.1. The monoisotopic (exact) mass is 420 g/mol. The number of para-hydroxylation sites is 2. The first-order chi connectivity index (χ1) is 14.1. The largest absolute Gasteiger partial charge is 0.294 e. The maximum absolute atomic E-state index is 13.2. The molecular formula is C23H17ClN2O2S. The summed E-state index contributed by atoms with van der Waals surface area (Å²) in [7, 11) is 0. The highest BCUT2D eigenvalue weighted by Crippen LogP contribution is 2.35. The number of hydrogen-bond acceptors (Lipinski definition) is 4. The highest BCUT2D eigenvalue weighted by molar-refractivity contribution is 8.16. The van der Waals surface area contributed by atoms with Gasteiger partial charge in [0.25, 0.3) is 0 Å². The van der Waals surface area contributed by atoms with Crippen LogP contribution in [0.1, 0.15) is 16.8 Å². The van der Waals surface area contributed by atoms with Crippen LogP contribution in [0.3, 0.4) is 0 Å². The third-order valence-corrected chi connectivity index (χ3v) is 5.86. The number of ketones is 1. The Balaban J connectivity index is 1.63. The topological polar surface area (TPSA) is 49.7 Å². The molecule has 1 aliphatic heterocycles. The van der Waals surface area contributed by atoms with Gasteiger partial charge in [-0.05, 0) is 48.5 Å². The van der Waals surface area contributed by atoms with Crippen molar-refractivity contribution in [2.75, 3.05) is 4.90 Å². The van der Waals surface area contributed by atoms with Crippen LogP contribution in [0.15, 0.2) is 89.9 Å². The molecule has 3 aromatic carbocycles. The molecule has 144 valence electrons. The summed E-state index contributed by atoms with van der Waals surface area (Å²) in [5.41, 5.74) is 2.04. The van der Waals surface area contributed by atoms with E-state index in [1.807, 2.05) is 60.7 Å². The first kappa shape index (κ1) is 19.4. The molecule has 0 N–H and O–H groups in total. The third-order valence-electron chi connectivity index (χ3n) is 4.47. The molecule has 3 aromatic rings. The summed E-state index contributed by atoms with van der Waals surface area (Å²) in [6, 6.07) is 25.6. The molecule has 1 atom stereocenters. The van der Waals surface area contributed by atoms with Gasteiger partial charge in [-0.25, -0.2) is 4.99 Å². The number of amidine groups is 1. The van der Waals surface area contributed by atoms with E-state index in [9.17, 15) is 9.59 Å². The van der Waals surface area contributed by atoms with Gasteiger partial charge in [0.2, 0.25) is 5.91 Å². The average molecular weight is 421 g/mol. The summed E-state index contributed by atoms with van der Waals surface area (Å²) < 4.78 is 0. The molecule has 0 saturated carbocycles. The standard InChI is InChI=1S/C23H17ClN2O2S/c24-17-13-11-16(12-14-17)20(27)15-21-22(28)26(19-9-5-2-6-10-19)23(29-21)25-18-7-3-1-4-8-18/h1-14,21H,15H2. The Bertz CT molecular complexity index is 1050. The number of hydrogen-bond donors (Lipinski definition) is 0. The van der Waals surface area contributed by atoms with Gasteiger partial charge in [0.05, 0.1) is 16.6 Å². The zero-order valence-electron chi connectivity index (χ0n) is 15.4. The number of nitrogens with zero attached hydrogens (tertiary/aromatic N) is 2. The van der Waals surface area contributed by atoms with E-state index in [0.717, 1.165) is 11.4 Å². The second-order valence-corrected chi connectivity index (χ2v) is 8.09. The van der Waals surface area contributed by atoms with Gasteiger partial charge < -0.3 is 0 Å². The Labute approximate surface area is 178 Å². The minimum Gasteiger partial charge on any atom is -0.294 e. The molecule has 4 rings (SSSR count). The summed E-state index contributed by atoms with van der Waals surface area (Å²) in [6.07, 6.45) is 0.0995. The molecule has 0 aromatic heterocycles. The molecule has 6 heteroatoms. The first-order valence-corrected chi connectivity index (χ1v) is 10.4. The number of carbonyl (C=O) groups is 2. The van der Waals surface area contributed by atoms with Crippen molar-refractivity contribution < 1.29 is 9.59 Å². The van der Waals surface area contributed by atoms with Crippen LogP contribution in [0.2, 0.25) is 5.02 Å². The minimum atomic E-state index is -0.527. The number of Topliss-reactive ketones (excluding diaryl/α,β-unsaturated/α-hetero) is 1. The van der Waals surface area contributed by atoms with E-state index in [2.05, 4.69) is 4.99 Å². The van der Waals surface area contributed by atoms with Gasteiger partial charge in [0, 0.05) is 17.0 Å². The number of benzene rings is 3. The molecule has 4 nitrogen and oxygen atoms in total. The van der Waals surface area contributed by atoms with E-state index in [-0.39, 0.29) is 18.1 Å². The van der Waals surface area contributed by atoms with E-state index in [4.69, 9.17) is 11.6 Å². The zero-order chi connectivity index (χ0) is 20.2. The minimum absolute atomic E-state index is 0.0958. The summed E-state index contributed by atoms with van der Waals surface area (Å²) in [5, 5.41) is 0.613. The molecule has 1 saturated heterocycles. The Hall–Kier alpha value is -2.89. The fourth-order valence-electron chi connectivity index (χ4n) is 3.02. The quantitative estimate of drug-likeness (QED) is 0.494. The molecular weight excluding hydrogens is 404 g/mol. The van der Waals surface area contributed by atoms with E-state index in [1.165, 1.54) is 11.8 Å². The van der Waals surface area contributed by atoms with Crippen LogP contribution in [0, 0.1) is 0 Å². The molecule has 0 spiro atoms. The predicted octanol–water partition coefficient (Wildman–Crippen LogP) is 5.75. The molecule has 1 aliphatic rings. The molecule has 0 aliphatic carbocycles. The van der Waals surface area contributed by atoms with Gasteiger partial charge in [-0.1, -0.05) is 59.8 Å². The van der Waals surface area contributed by atoms with Gasteiger partial charge >= 0.3 is 0 Å². The second-order valence-electron chi connectivity index (χ2n) is 6.48. The highest BCUT2D eigenvalue weighted by atomic mass is 35.5. The predicted molar refractivity (Wildman–Crippen MR) is 119 cm³/mol. The van der Waals surface area contributed by atoms with Crippen molar-refractivity contribution in [1.82, 2.24) is 0 Å². The molecule has 1 heterocycles. The van der Waals surface area contributed by atoms with Crippen LogP contribution < -0.4 is 4.90 Å². The Morgan fingerprint density at radius 2 is 1.55 bits per heavy atom. The number of thioether (sulfide) groups is 1. The van der Waals surface area contributed by atoms with Crippen LogP contribution in [-0.2, 0) is 4.79 Å². The molecule has 29 heavy (non-hydrogen) atoms. The fraction of sp³-hybridized carbons (Fsp3) is 0.0870.